The molecule has 1 aliphatic rings. The molecular weight excluding hydrogens is 336 g/mol. The third kappa shape index (κ3) is 5.54. The molecule has 1 fully saturated rings. The highest BCUT2D eigenvalue weighted by atomic mass is 32.1. The largest absolute Gasteiger partial charge is 0.491 e. The summed E-state index contributed by atoms with van der Waals surface area (Å²) in [7, 11) is 0. The second-order valence-corrected chi connectivity index (χ2v) is 7.17. The molecule has 6 heteroatoms. The van der Waals surface area contributed by atoms with Crippen molar-refractivity contribution in [3.63, 3.8) is 0 Å². The molecule has 0 saturated carbocycles. The van der Waals surface area contributed by atoms with Crippen LogP contribution in [-0.4, -0.2) is 30.2 Å². The van der Waals surface area contributed by atoms with Crippen LogP contribution in [-0.2, 0) is 16.0 Å². The van der Waals surface area contributed by atoms with Gasteiger partial charge in [0, 0.05) is 23.6 Å². The van der Waals surface area contributed by atoms with Crippen molar-refractivity contribution in [1.29, 1.82) is 0 Å². The monoisotopic (exact) mass is 360 g/mol. The van der Waals surface area contributed by atoms with Crippen LogP contribution in [0.5, 0.6) is 5.75 Å². The summed E-state index contributed by atoms with van der Waals surface area (Å²) >= 11 is 1.60. The summed E-state index contributed by atoms with van der Waals surface area (Å²) in [4.78, 5) is 17.4. The van der Waals surface area contributed by atoms with Gasteiger partial charge in [0.15, 0.2) is 0 Å². The first kappa shape index (κ1) is 17.9. The summed E-state index contributed by atoms with van der Waals surface area (Å²) in [6.07, 6.45) is 4.80. The van der Waals surface area contributed by atoms with Gasteiger partial charge in [-0.15, -0.1) is 11.3 Å². The topological polar surface area (TPSA) is 60.5 Å². The van der Waals surface area contributed by atoms with Crippen LogP contribution in [0.3, 0.4) is 0 Å². The molecule has 0 bridgehead atoms. The third-order valence-electron chi connectivity index (χ3n) is 4.27. The molecule has 1 atom stereocenters. The number of benzene rings is 1. The molecule has 1 aliphatic heterocycles. The van der Waals surface area contributed by atoms with E-state index in [1.807, 2.05) is 36.7 Å². The molecular formula is C19H24N2O3S. The minimum absolute atomic E-state index is 0.0112. The van der Waals surface area contributed by atoms with Gasteiger partial charge in [-0.25, -0.2) is 4.98 Å². The molecule has 0 spiro atoms. The molecule has 0 aliphatic carbocycles. The summed E-state index contributed by atoms with van der Waals surface area (Å²) in [5.41, 5.74) is 3.62. The number of ether oxygens (including phenoxy) is 2. The summed E-state index contributed by atoms with van der Waals surface area (Å²) in [6, 6.07) is 7.50. The Hall–Kier alpha value is -1.92. The molecule has 1 unspecified atom stereocenters. The van der Waals surface area contributed by atoms with Gasteiger partial charge in [-0.05, 0) is 56.9 Å². The highest BCUT2D eigenvalue weighted by Gasteiger charge is 2.14. The summed E-state index contributed by atoms with van der Waals surface area (Å²) in [6.45, 7) is 3.39. The summed E-state index contributed by atoms with van der Waals surface area (Å²) < 4.78 is 11.4. The van der Waals surface area contributed by atoms with Gasteiger partial charge in [-0.3, -0.25) is 4.79 Å². The van der Waals surface area contributed by atoms with E-state index >= 15 is 0 Å². The number of nitrogens with zero attached hydrogens (tertiary/aromatic N) is 1. The maximum atomic E-state index is 12.1. The third-order valence-corrected chi connectivity index (χ3v) is 5.27. The lowest BCUT2D eigenvalue weighted by atomic mass is 10.1. The molecule has 2 heterocycles. The van der Waals surface area contributed by atoms with Crippen molar-refractivity contribution >= 4 is 22.9 Å². The highest BCUT2D eigenvalue weighted by Crippen LogP contribution is 2.19. The van der Waals surface area contributed by atoms with Crippen molar-refractivity contribution in [1.82, 2.24) is 4.98 Å². The minimum atomic E-state index is 0.0112. The maximum Gasteiger partial charge on any atom is 0.224 e. The average Bonchev–Trinajstić information content (AvgIpc) is 3.05. The number of aryl methyl sites for hydroxylation is 2. The van der Waals surface area contributed by atoms with E-state index in [0.29, 0.717) is 13.0 Å². The van der Waals surface area contributed by atoms with E-state index in [1.165, 1.54) is 11.3 Å². The standard InChI is InChI=1S/C19H24N2O3S/c1-14-18(25-13-20-14)9-10-19(22)21-15-5-7-16(8-6-15)24-12-17-4-2-3-11-23-17/h5-8,13,17H,2-4,9-12H2,1H3,(H,21,22). The van der Waals surface area contributed by atoms with Crippen LogP contribution in [0, 0.1) is 6.92 Å². The Kier molecular flexibility index (Phi) is 6.42. The fourth-order valence-electron chi connectivity index (χ4n) is 2.78. The normalized spacial score (nSPS) is 17.2. The number of hydrogen-bond acceptors (Lipinski definition) is 5. The minimum Gasteiger partial charge on any atom is -0.491 e. The highest BCUT2D eigenvalue weighted by molar-refractivity contribution is 7.09. The number of carbonyl (C=O) groups is 1. The van der Waals surface area contributed by atoms with Crippen LogP contribution in [0.1, 0.15) is 36.3 Å². The number of amides is 1. The Balaban J connectivity index is 1.42. The average molecular weight is 360 g/mol. The molecule has 0 radical (unpaired) electrons. The van der Waals surface area contributed by atoms with Crippen molar-refractivity contribution < 1.29 is 14.3 Å². The zero-order valence-corrected chi connectivity index (χ0v) is 15.3. The number of hydrogen-bond donors (Lipinski definition) is 1. The van der Waals surface area contributed by atoms with Gasteiger partial charge in [-0.2, -0.15) is 0 Å². The quantitative estimate of drug-likeness (QED) is 0.811. The van der Waals surface area contributed by atoms with Crippen LogP contribution < -0.4 is 10.1 Å². The van der Waals surface area contributed by atoms with Gasteiger partial charge in [-0.1, -0.05) is 0 Å². The lowest BCUT2D eigenvalue weighted by molar-refractivity contribution is -0.116. The molecule has 2 aromatic rings. The van der Waals surface area contributed by atoms with E-state index in [9.17, 15) is 4.79 Å². The molecule has 3 rings (SSSR count). The Morgan fingerprint density at radius 2 is 2.20 bits per heavy atom. The van der Waals surface area contributed by atoms with Gasteiger partial charge in [0.25, 0.3) is 0 Å². The lowest BCUT2D eigenvalue weighted by Crippen LogP contribution is -2.25. The van der Waals surface area contributed by atoms with E-state index in [1.54, 1.807) is 11.3 Å². The van der Waals surface area contributed by atoms with E-state index < -0.39 is 0 Å². The number of anilines is 1. The zero-order chi connectivity index (χ0) is 17.5. The lowest BCUT2D eigenvalue weighted by Gasteiger charge is -2.22. The van der Waals surface area contributed by atoms with Crippen molar-refractivity contribution in [2.75, 3.05) is 18.5 Å². The van der Waals surface area contributed by atoms with Crippen molar-refractivity contribution in [2.45, 2.75) is 45.1 Å². The fourth-order valence-corrected chi connectivity index (χ4v) is 3.56. The molecule has 1 aromatic carbocycles. The number of rotatable bonds is 7. The Morgan fingerprint density at radius 3 is 2.88 bits per heavy atom. The zero-order valence-electron chi connectivity index (χ0n) is 14.5. The van der Waals surface area contributed by atoms with E-state index in [-0.39, 0.29) is 12.0 Å². The van der Waals surface area contributed by atoms with Gasteiger partial charge >= 0.3 is 0 Å². The van der Waals surface area contributed by atoms with Crippen molar-refractivity contribution in [3.8, 4) is 5.75 Å². The van der Waals surface area contributed by atoms with Gasteiger partial charge in [0.2, 0.25) is 5.91 Å². The first-order chi connectivity index (χ1) is 12.2. The van der Waals surface area contributed by atoms with Crippen LogP contribution >= 0.6 is 11.3 Å². The van der Waals surface area contributed by atoms with Crippen molar-refractivity contribution in [3.05, 3.63) is 40.3 Å². The molecule has 1 N–H and O–H groups in total. The molecule has 134 valence electrons. The molecule has 1 amide bonds. The molecule has 1 aromatic heterocycles. The van der Waals surface area contributed by atoms with Crippen LogP contribution in [0.4, 0.5) is 5.69 Å². The Bertz CT molecular complexity index is 678. The summed E-state index contributed by atoms with van der Waals surface area (Å²) in [5, 5.41) is 2.92. The fraction of sp³-hybridized carbons (Fsp3) is 0.474. The number of carbonyl (C=O) groups excluding carboxylic acids is 1. The van der Waals surface area contributed by atoms with Crippen LogP contribution in [0.25, 0.3) is 0 Å². The van der Waals surface area contributed by atoms with E-state index in [2.05, 4.69) is 10.3 Å². The van der Waals surface area contributed by atoms with E-state index in [4.69, 9.17) is 9.47 Å². The predicted octanol–water partition coefficient (Wildman–Crippen LogP) is 3.97. The smallest absolute Gasteiger partial charge is 0.224 e. The number of aromatic nitrogens is 1. The predicted molar refractivity (Wildman–Crippen MR) is 99.3 cm³/mol. The van der Waals surface area contributed by atoms with Gasteiger partial charge in [0.1, 0.15) is 12.4 Å². The molecule has 5 nitrogen and oxygen atoms in total. The number of thiazole rings is 1. The van der Waals surface area contributed by atoms with Crippen LogP contribution in [0.15, 0.2) is 29.8 Å². The first-order valence-electron chi connectivity index (χ1n) is 8.74. The SMILES string of the molecule is Cc1ncsc1CCC(=O)Nc1ccc(OCC2CCCCO2)cc1. The number of nitrogens with one attached hydrogen (secondary N) is 1. The second-order valence-electron chi connectivity index (χ2n) is 6.23. The summed E-state index contributed by atoms with van der Waals surface area (Å²) in [5.74, 6) is 0.810. The second kappa shape index (κ2) is 8.97. The van der Waals surface area contributed by atoms with Gasteiger partial charge in [0.05, 0.1) is 17.3 Å². The molecule has 25 heavy (non-hydrogen) atoms. The first-order valence-corrected chi connectivity index (χ1v) is 9.62. The van der Waals surface area contributed by atoms with Crippen LogP contribution in [0.2, 0.25) is 0 Å². The van der Waals surface area contributed by atoms with Crippen molar-refractivity contribution in [2.24, 2.45) is 0 Å². The molecule has 1 saturated heterocycles. The van der Waals surface area contributed by atoms with Gasteiger partial charge < -0.3 is 14.8 Å². The Labute approximate surface area is 152 Å². The Morgan fingerprint density at radius 1 is 1.36 bits per heavy atom. The maximum absolute atomic E-state index is 12.1. The van der Waals surface area contributed by atoms with E-state index in [0.717, 1.165) is 43.0 Å².